The number of hydrogen-bond acceptors (Lipinski definition) is 3. The van der Waals surface area contributed by atoms with Crippen LogP contribution in [0.25, 0.3) is 0 Å². The number of thioether (sulfide) groups is 1. The number of rotatable bonds is 7. The Morgan fingerprint density at radius 2 is 2.27 bits per heavy atom. The molecule has 2 nitrogen and oxygen atoms in total. The number of unbranched alkanes of at least 4 members (excludes halogenated alkanes) is 1. The van der Waals surface area contributed by atoms with Crippen LogP contribution in [0.15, 0.2) is 18.3 Å². The highest BCUT2D eigenvalue weighted by Crippen LogP contribution is 2.19. The van der Waals surface area contributed by atoms with Crippen LogP contribution in [0.5, 0.6) is 0 Å². The van der Waals surface area contributed by atoms with Crippen LogP contribution in [-0.2, 0) is 5.75 Å². The minimum Gasteiger partial charge on any atom is -0.370 e. The molecule has 84 valence electrons. The van der Waals surface area contributed by atoms with E-state index in [1.807, 2.05) is 24.0 Å². The van der Waals surface area contributed by atoms with E-state index in [0.29, 0.717) is 0 Å². The van der Waals surface area contributed by atoms with Gasteiger partial charge in [0.2, 0.25) is 0 Å². The summed E-state index contributed by atoms with van der Waals surface area (Å²) < 4.78 is 0. The van der Waals surface area contributed by atoms with Crippen LogP contribution in [0.2, 0.25) is 0 Å². The standard InChI is InChI=1S/C12H20N2S/c1-3-5-9-15-10-11-7-6-8-14-12(11)13-4-2/h6-8H,3-5,9-10H2,1-2H3,(H,13,14). The van der Waals surface area contributed by atoms with Gasteiger partial charge in [0.05, 0.1) is 0 Å². The van der Waals surface area contributed by atoms with E-state index in [1.165, 1.54) is 24.2 Å². The van der Waals surface area contributed by atoms with Crippen molar-refractivity contribution >= 4 is 17.6 Å². The molecule has 1 aromatic rings. The molecule has 1 heterocycles. The molecule has 0 aromatic carbocycles. The number of pyridine rings is 1. The van der Waals surface area contributed by atoms with E-state index in [1.54, 1.807) is 0 Å². The summed E-state index contributed by atoms with van der Waals surface area (Å²) in [5.74, 6) is 3.36. The summed E-state index contributed by atoms with van der Waals surface area (Å²) in [4.78, 5) is 4.34. The van der Waals surface area contributed by atoms with Crippen molar-refractivity contribution in [1.29, 1.82) is 0 Å². The fourth-order valence-electron chi connectivity index (χ4n) is 1.31. The van der Waals surface area contributed by atoms with Gasteiger partial charge in [-0.15, -0.1) is 0 Å². The lowest BCUT2D eigenvalue weighted by molar-refractivity contribution is 0.896. The zero-order valence-corrected chi connectivity index (χ0v) is 10.4. The summed E-state index contributed by atoms with van der Waals surface area (Å²) in [7, 11) is 0. The molecule has 0 atom stereocenters. The third kappa shape index (κ3) is 4.56. The largest absolute Gasteiger partial charge is 0.370 e. The summed E-state index contributed by atoms with van der Waals surface area (Å²) in [6, 6.07) is 4.17. The first-order valence-corrected chi connectivity index (χ1v) is 6.79. The lowest BCUT2D eigenvalue weighted by Gasteiger charge is -2.08. The molecule has 0 fully saturated rings. The third-order valence-electron chi connectivity index (χ3n) is 2.14. The van der Waals surface area contributed by atoms with Crippen molar-refractivity contribution in [3.63, 3.8) is 0 Å². The third-order valence-corrected chi connectivity index (χ3v) is 3.23. The molecule has 0 aliphatic carbocycles. The van der Waals surface area contributed by atoms with E-state index in [4.69, 9.17) is 0 Å². The molecule has 1 aromatic heterocycles. The SMILES string of the molecule is CCCCSCc1cccnc1NCC. The smallest absolute Gasteiger partial charge is 0.129 e. The monoisotopic (exact) mass is 224 g/mol. The molecule has 1 rings (SSSR count). The molecule has 0 spiro atoms. The van der Waals surface area contributed by atoms with Gasteiger partial charge in [0, 0.05) is 24.1 Å². The highest BCUT2D eigenvalue weighted by Gasteiger charge is 2.01. The summed E-state index contributed by atoms with van der Waals surface area (Å²) >= 11 is 1.99. The zero-order chi connectivity index (χ0) is 10.9. The van der Waals surface area contributed by atoms with Crippen molar-refractivity contribution in [3.05, 3.63) is 23.9 Å². The maximum Gasteiger partial charge on any atom is 0.129 e. The Bertz CT molecular complexity index is 276. The summed E-state index contributed by atoms with van der Waals surface area (Å²) in [5, 5.41) is 3.29. The Kier molecular flexibility index (Phi) is 6.25. The number of aromatic nitrogens is 1. The number of nitrogens with one attached hydrogen (secondary N) is 1. The van der Waals surface area contributed by atoms with Gasteiger partial charge in [-0.2, -0.15) is 11.8 Å². The predicted molar refractivity (Wildman–Crippen MR) is 69.5 cm³/mol. The molecule has 3 heteroatoms. The van der Waals surface area contributed by atoms with E-state index in [0.717, 1.165) is 18.1 Å². The summed E-state index contributed by atoms with van der Waals surface area (Å²) in [6.45, 7) is 5.26. The van der Waals surface area contributed by atoms with E-state index in [-0.39, 0.29) is 0 Å². The first kappa shape index (κ1) is 12.4. The van der Waals surface area contributed by atoms with Crippen LogP contribution < -0.4 is 5.32 Å². The minimum absolute atomic E-state index is 0.934. The molecule has 0 bridgehead atoms. The van der Waals surface area contributed by atoms with Gasteiger partial charge in [-0.25, -0.2) is 4.98 Å². The molecule has 0 aliphatic heterocycles. The van der Waals surface area contributed by atoms with Gasteiger partial charge in [0.25, 0.3) is 0 Å². The van der Waals surface area contributed by atoms with Crippen LogP contribution in [0.1, 0.15) is 32.3 Å². The van der Waals surface area contributed by atoms with Gasteiger partial charge in [-0.1, -0.05) is 19.4 Å². The first-order chi connectivity index (χ1) is 7.38. The van der Waals surface area contributed by atoms with Gasteiger partial charge in [0.15, 0.2) is 0 Å². The second-order valence-electron chi connectivity index (χ2n) is 3.45. The molecule has 1 N–H and O–H groups in total. The Labute approximate surface area is 96.9 Å². The Morgan fingerprint density at radius 1 is 1.40 bits per heavy atom. The van der Waals surface area contributed by atoms with Crippen LogP contribution in [0, 0.1) is 0 Å². The van der Waals surface area contributed by atoms with E-state index >= 15 is 0 Å². The quantitative estimate of drug-likeness (QED) is 0.717. The van der Waals surface area contributed by atoms with Gasteiger partial charge in [-0.05, 0) is 25.2 Å². The average Bonchev–Trinajstić information content (AvgIpc) is 2.27. The fraction of sp³-hybridized carbons (Fsp3) is 0.583. The van der Waals surface area contributed by atoms with Crippen molar-refractivity contribution in [2.45, 2.75) is 32.4 Å². The Hall–Kier alpha value is -0.700. The second kappa shape index (κ2) is 7.57. The lowest BCUT2D eigenvalue weighted by atomic mass is 10.3. The van der Waals surface area contributed by atoms with Gasteiger partial charge in [-0.3, -0.25) is 0 Å². The van der Waals surface area contributed by atoms with Crippen LogP contribution in [0.3, 0.4) is 0 Å². The maximum atomic E-state index is 4.34. The van der Waals surface area contributed by atoms with Crippen molar-refractivity contribution in [3.8, 4) is 0 Å². The molecule has 0 amide bonds. The van der Waals surface area contributed by atoms with E-state index < -0.39 is 0 Å². The molecule has 0 aliphatic rings. The number of nitrogens with zero attached hydrogens (tertiary/aromatic N) is 1. The lowest BCUT2D eigenvalue weighted by Crippen LogP contribution is -2.02. The van der Waals surface area contributed by atoms with Gasteiger partial charge >= 0.3 is 0 Å². The molecule has 0 unspecified atom stereocenters. The van der Waals surface area contributed by atoms with Crippen LogP contribution in [0.4, 0.5) is 5.82 Å². The van der Waals surface area contributed by atoms with E-state index in [9.17, 15) is 0 Å². The van der Waals surface area contributed by atoms with Crippen molar-refractivity contribution in [2.24, 2.45) is 0 Å². The minimum atomic E-state index is 0.934. The normalized spacial score (nSPS) is 10.3. The fourth-order valence-corrected chi connectivity index (χ4v) is 2.40. The summed E-state index contributed by atoms with van der Waals surface area (Å²) in [5.41, 5.74) is 1.32. The van der Waals surface area contributed by atoms with Crippen molar-refractivity contribution < 1.29 is 0 Å². The summed E-state index contributed by atoms with van der Waals surface area (Å²) in [6.07, 6.45) is 4.43. The molecular weight excluding hydrogens is 204 g/mol. The Balaban J connectivity index is 2.44. The highest BCUT2D eigenvalue weighted by atomic mass is 32.2. The maximum absolute atomic E-state index is 4.34. The van der Waals surface area contributed by atoms with Crippen LogP contribution in [-0.4, -0.2) is 17.3 Å². The number of hydrogen-bond donors (Lipinski definition) is 1. The van der Waals surface area contributed by atoms with Gasteiger partial charge < -0.3 is 5.32 Å². The van der Waals surface area contributed by atoms with E-state index in [2.05, 4.69) is 30.2 Å². The Morgan fingerprint density at radius 3 is 3.00 bits per heavy atom. The number of anilines is 1. The predicted octanol–water partition coefficient (Wildman–Crippen LogP) is 3.55. The average molecular weight is 224 g/mol. The first-order valence-electron chi connectivity index (χ1n) is 5.64. The molecule has 0 saturated heterocycles. The van der Waals surface area contributed by atoms with Crippen molar-refractivity contribution in [2.75, 3.05) is 17.6 Å². The van der Waals surface area contributed by atoms with Gasteiger partial charge in [0.1, 0.15) is 5.82 Å². The molecule has 15 heavy (non-hydrogen) atoms. The zero-order valence-electron chi connectivity index (χ0n) is 9.62. The molecule has 0 radical (unpaired) electrons. The second-order valence-corrected chi connectivity index (χ2v) is 4.55. The topological polar surface area (TPSA) is 24.9 Å². The molecular formula is C12H20N2S. The van der Waals surface area contributed by atoms with Crippen LogP contribution >= 0.6 is 11.8 Å². The highest BCUT2D eigenvalue weighted by molar-refractivity contribution is 7.98. The van der Waals surface area contributed by atoms with Crippen molar-refractivity contribution in [1.82, 2.24) is 4.98 Å². The molecule has 0 saturated carbocycles.